The zero-order valence-corrected chi connectivity index (χ0v) is 8.66. The Morgan fingerprint density at radius 2 is 1.88 bits per heavy atom. The van der Waals surface area contributed by atoms with E-state index in [1.54, 1.807) is 0 Å². The van der Waals surface area contributed by atoms with Gasteiger partial charge in [-0.15, -0.1) is 0 Å². The Kier molecular flexibility index (Phi) is 2.87. The SMILES string of the molecule is O=[N+]([O-])c1n[nH]c([N+](=O)[O-])c1N1CCOCC1. The van der Waals surface area contributed by atoms with Gasteiger partial charge < -0.3 is 29.9 Å². The van der Waals surface area contributed by atoms with Gasteiger partial charge in [0.15, 0.2) is 0 Å². The number of nitrogens with zero attached hydrogens (tertiary/aromatic N) is 4. The molecule has 2 heterocycles. The molecule has 1 aromatic heterocycles. The van der Waals surface area contributed by atoms with Gasteiger partial charge >= 0.3 is 11.6 Å². The number of aromatic nitrogens is 2. The number of hydrogen-bond acceptors (Lipinski definition) is 7. The molecule has 0 aromatic carbocycles. The molecule has 1 saturated heterocycles. The Bertz CT molecular complexity index is 420. The minimum Gasteiger partial charge on any atom is -0.378 e. The second kappa shape index (κ2) is 4.33. The maximum absolute atomic E-state index is 10.8. The number of nitro groups is 2. The first-order valence-corrected chi connectivity index (χ1v) is 4.81. The highest BCUT2D eigenvalue weighted by Crippen LogP contribution is 2.35. The Morgan fingerprint density at radius 1 is 1.24 bits per heavy atom. The maximum atomic E-state index is 10.8. The molecule has 1 aliphatic heterocycles. The number of rotatable bonds is 3. The van der Waals surface area contributed by atoms with Crippen LogP contribution in [0.5, 0.6) is 0 Å². The van der Waals surface area contributed by atoms with Gasteiger partial charge in [-0.3, -0.25) is 0 Å². The van der Waals surface area contributed by atoms with Crippen LogP contribution >= 0.6 is 0 Å². The number of nitrogens with one attached hydrogen (secondary N) is 1. The molecular formula is C7H9N5O5. The van der Waals surface area contributed by atoms with Crippen molar-refractivity contribution >= 4 is 17.3 Å². The van der Waals surface area contributed by atoms with Gasteiger partial charge in [0.1, 0.15) is 5.10 Å². The highest BCUT2D eigenvalue weighted by Gasteiger charge is 2.36. The number of morpholine rings is 1. The number of aromatic amines is 1. The molecule has 1 aliphatic rings. The van der Waals surface area contributed by atoms with E-state index in [2.05, 4.69) is 10.2 Å². The molecule has 0 spiro atoms. The first-order valence-electron chi connectivity index (χ1n) is 4.81. The van der Waals surface area contributed by atoms with E-state index in [1.165, 1.54) is 4.90 Å². The molecule has 0 aliphatic carbocycles. The van der Waals surface area contributed by atoms with Gasteiger partial charge in [-0.1, -0.05) is 0 Å². The largest absolute Gasteiger partial charge is 0.443 e. The third-order valence-corrected chi connectivity index (χ3v) is 2.39. The molecule has 92 valence electrons. The summed E-state index contributed by atoms with van der Waals surface area (Å²) in [6, 6.07) is 0. The Balaban J connectivity index is 2.43. The Hall–Kier alpha value is -2.23. The van der Waals surface area contributed by atoms with E-state index in [0.29, 0.717) is 26.3 Å². The third kappa shape index (κ3) is 2.01. The van der Waals surface area contributed by atoms with Crippen LogP contribution in [0.2, 0.25) is 0 Å². The fraction of sp³-hybridized carbons (Fsp3) is 0.571. The molecule has 2 rings (SSSR count). The van der Waals surface area contributed by atoms with E-state index in [4.69, 9.17) is 4.74 Å². The van der Waals surface area contributed by atoms with Gasteiger partial charge in [0.2, 0.25) is 5.69 Å². The van der Waals surface area contributed by atoms with Crippen molar-refractivity contribution in [2.45, 2.75) is 0 Å². The van der Waals surface area contributed by atoms with Crippen LogP contribution in [0, 0.1) is 20.2 Å². The second-order valence-electron chi connectivity index (χ2n) is 3.36. The Morgan fingerprint density at radius 3 is 2.41 bits per heavy atom. The van der Waals surface area contributed by atoms with Crippen molar-refractivity contribution in [3.05, 3.63) is 20.2 Å². The quantitative estimate of drug-likeness (QED) is 0.587. The van der Waals surface area contributed by atoms with Crippen LogP contribution in [0.15, 0.2) is 0 Å². The summed E-state index contributed by atoms with van der Waals surface area (Å²) < 4.78 is 5.09. The molecule has 0 amide bonds. The van der Waals surface area contributed by atoms with Crippen molar-refractivity contribution in [2.24, 2.45) is 0 Å². The van der Waals surface area contributed by atoms with E-state index in [1.807, 2.05) is 0 Å². The van der Waals surface area contributed by atoms with Crippen LogP contribution < -0.4 is 4.90 Å². The predicted octanol–water partition coefficient (Wildman–Crippen LogP) is 0.0627. The van der Waals surface area contributed by atoms with Gasteiger partial charge in [-0.05, 0) is 14.9 Å². The van der Waals surface area contributed by atoms with Crippen molar-refractivity contribution in [3.63, 3.8) is 0 Å². The topological polar surface area (TPSA) is 127 Å². The van der Waals surface area contributed by atoms with E-state index in [-0.39, 0.29) is 5.69 Å². The smallest absolute Gasteiger partial charge is 0.378 e. The second-order valence-corrected chi connectivity index (χ2v) is 3.36. The van der Waals surface area contributed by atoms with Crippen LogP contribution in [0.3, 0.4) is 0 Å². The minimum atomic E-state index is -0.742. The lowest BCUT2D eigenvalue weighted by molar-refractivity contribution is -0.392. The van der Waals surface area contributed by atoms with Crippen LogP contribution in [0.4, 0.5) is 17.3 Å². The molecular weight excluding hydrogens is 234 g/mol. The lowest BCUT2D eigenvalue weighted by Gasteiger charge is -2.26. The molecule has 10 heteroatoms. The summed E-state index contributed by atoms with van der Waals surface area (Å²) in [5.41, 5.74) is -0.0803. The maximum Gasteiger partial charge on any atom is 0.443 e. The summed E-state index contributed by atoms with van der Waals surface area (Å²) in [6.45, 7) is 1.47. The van der Waals surface area contributed by atoms with Crippen LogP contribution in [0.1, 0.15) is 0 Å². The number of hydrogen-bond donors (Lipinski definition) is 1. The van der Waals surface area contributed by atoms with Crippen molar-refractivity contribution < 1.29 is 14.6 Å². The molecule has 0 bridgehead atoms. The summed E-state index contributed by atoms with van der Waals surface area (Å²) in [6.07, 6.45) is 0. The molecule has 1 aromatic rings. The summed E-state index contributed by atoms with van der Waals surface area (Å²) in [5, 5.41) is 26.9. The molecule has 0 saturated carbocycles. The number of anilines is 1. The fourth-order valence-electron chi connectivity index (χ4n) is 1.65. The average molecular weight is 243 g/mol. The number of ether oxygens (including phenoxy) is 1. The highest BCUT2D eigenvalue weighted by atomic mass is 16.6. The zero-order valence-electron chi connectivity index (χ0n) is 8.66. The summed E-state index contributed by atoms with van der Waals surface area (Å²) in [7, 11) is 0. The third-order valence-electron chi connectivity index (χ3n) is 2.39. The Labute approximate surface area is 94.5 Å². The number of H-pyrrole nitrogens is 1. The van der Waals surface area contributed by atoms with Crippen LogP contribution in [-0.4, -0.2) is 46.3 Å². The minimum absolute atomic E-state index is 0.0803. The van der Waals surface area contributed by atoms with Crippen molar-refractivity contribution in [2.75, 3.05) is 31.2 Å². The van der Waals surface area contributed by atoms with Crippen molar-refractivity contribution in [1.82, 2.24) is 10.2 Å². The highest BCUT2D eigenvalue weighted by molar-refractivity contribution is 5.70. The van der Waals surface area contributed by atoms with Gasteiger partial charge in [-0.25, -0.2) is 0 Å². The molecule has 17 heavy (non-hydrogen) atoms. The summed E-state index contributed by atoms with van der Waals surface area (Å²) >= 11 is 0. The molecule has 1 N–H and O–H groups in total. The molecule has 0 unspecified atom stereocenters. The van der Waals surface area contributed by atoms with Crippen molar-refractivity contribution in [3.8, 4) is 0 Å². The lowest BCUT2D eigenvalue weighted by Crippen LogP contribution is -2.36. The van der Waals surface area contributed by atoms with Crippen molar-refractivity contribution in [1.29, 1.82) is 0 Å². The first kappa shape index (κ1) is 11.3. The van der Waals surface area contributed by atoms with Gasteiger partial charge in [0.25, 0.3) is 0 Å². The monoisotopic (exact) mass is 243 g/mol. The predicted molar refractivity (Wildman–Crippen MR) is 54.9 cm³/mol. The van der Waals surface area contributed by atoms with Gasteiger partial charge in [-0.2, -0.15) is 0 Å². The summed E-state index contributed by atoms with van der Waals surface area (Å²) in [4.78, 5) is 21.6. The van der Waals surface area contributed by atoms with E-state index in [9.17, 15) is 20.2 Å². The first-order chi connectivity index (χ1) is 8.11. The fourth-order valence-corrected chi connectivity index (χ4v) is 1.65. The molecule has 10 nitrogen and oxygen atoms in total. The molecule has 0 radical (unpaired) electrons. The summed E-state index contributed by atoms with van der Waals surface area (Å²) in [5.74, 6) is -0.989. The normalized spacial score (nSPS) is 15.9. The lowest BCUT2D eigenvalue weighted by atomic mass is 10.3. The van der Waals surface area contributed by atoms with Gasteiger partial charge in [0.05, 0.1) is 13.2 Å². The molecule has 1 fully saturated rings. The van der Waals surface area contributed by atoms with Crippen LogP contribution in [-0.2, 0) is 4.74 Å². The van der Waals surface area contributed by atoms with E-state index in [0.717, 1.165) is 0 Å². The zero-order chi connectivity index (χ0) is 12.4. The van der Waals surface area contributed by atoms with E-state index >= 15 is 0 Å². The molecule has 0 atom stereocenters. The average Bonchev–Trinajstić information content (AvgIpc) is 2.74. The standard InChI is InChI=1S/C7H9N5O5/c13-11(14)6-5(7(9-8-6)12(15)16)10-1-3-17-4-2-10/h1-4H2,(H,8,9). The van der Waals surface area contributed by atoms with E-state index < -0.39 is 21.5 Å². The van der Waals surface area contributed by atoms with Gasteiger partial charge in [0, 0.05) is 13.1 Å². The van der Waals surface area contributed by atoms with Crippen LogP contribution in [0.25, 0.3) is 0 Å².